The Hall–Kier alpha value is -0.660. The van der Waals surface area contributed by atoms with Crippen LogP contribution in [0.5, 0.6) is 0 Å². The van der Waals surface area contributed by atoms with Gasteiger partial charge in [0.15, 0.2) is 0 Å². The molecule has 0 aromatic rings. The first kappa shape index (κ1) is 7.34. The molecule has 0 amide bonds. The molecule has 0 aromatic heterocycles. The molecule has 2 nitrogen and oxygen atoms in total. The van der Waals surface area contributed by atoms with E-state index >= 15 is 0 Å². The molecule has 0 bridgehead atoms. The number of nitrogens with zero attached hydrogens (tertiary/aromatic N) is 2. The predicted octanol–water partition coefficient (Wildman–Crippen LogP) is 2.38. The normalized spacial score (nSPS) is 11.8. The molecule has 46 valence electrons. The molecule has 0 fully saturated rings. The topological polar surface area (TPSA) is 24.7 Å². The molecular weight excluding hydrogens is 100 g/mol. The van der Waals surface area contributed by atoms with Gasteiger partial charge < -0.3 is 0 Å². The van der Waals surface area contributed by atoms with Crippen LogP contribution in [0.3, 0.4) is 0 Å². The minimum Gasteiger partial charge on any atom is -0.193 e. The summed E-state index contributed by atoms with van der Waals surface area (Å²) in [7, 11) is 1.66. The Kier molecular flexibility index (Phi) is 5.82. The van der Waals surface area contributed by atoms with Gasteiger partial charge in [0.25, 0.3) is 0 Å². The van der Waals surface area contributed by atoms with Crippen LogP contribution in [0.1, 0.15) is 19.8 Å². The van der Waals surface area contributed by atoms with E-state index in [-0.39, 0.29) is 0 Å². The van der Waals surface area contributed by atoms with Crippen LogP contribution in [-0.2, 0) is 0 Å². The average Bonchev–Trinajstić information content (AvgIpc) is 1.81. The standard InChI is InChI=1S/C6H12N2/c1-3-4-5-6-8-7-2/h5-6H,3-4H2,1-2H3/b6-5-,8-7-. The number of allylic oxidation sites excluding steroid dienone is 1. The first-order valence-corrected chi connectivity index (χ1v) is 2.85. The smallest absolute Gasteiger partial charge is 0.0491 e. The molecule has 8 heavy (non-hydrogen) atoms. The summed E-state index contributed by atoms with van der Waals surface area (Å²) in [6.45, 7) is 2.13. The van der Waals surface area contributed by atoms with E-state index in [4.69, 9.17) is 0 Å². The molecule has 0 heterocycles. The van der Waals surface area contributed by atoms with Crippen molar-refractivity contribution in [1.29, 1.82) is 0 Å². The predicted molar refractivity (Wildman–Crippen MR) is 34.8 cm³/mol. The van der Waals surface area contributed by atoms with Gasteiger partial charge in [0.1, 0.15) is 0 Å². The SMILES string of the molecule is CCC/C=C\N=N/C. The molecule has 0 aromatic carbocycles. The van der Waals surface area contributed by atoms with Gasteiger partial charge in [-0.1, -0.05) is 19.4 Å². The molecule has 0 aliphatic rings. The maximum Gasteiger partial charge on any atom is 0.0491 e. The fourth-order valence-electron chi connectivity index (χ4n) is 0.355. The van der Waals surface area contributed by atoms with Crippen molar-refractivity contribution >= 4 is 0 Å². The lowest BCUT2D eigenvalue weighted by Crippen LogP contribution is -1.57. The fraction of sp³-hybridized carbons (Fsp3) is 0.667. The Morgan fingerprint density at radius 2 is 2.25 bits per heavy atom. The van der Waals surface area contributed by atoms with E-state index in [0.29, 0.717) is 0 Å². The van der Waals surface area contributed by atoms with Crippen LogP contribution in [-0.4, -0.2) is 7.05 Å². The van der Waals surface area contributed by atoms with Crippen molar-refractivity contribution in [2.45, 2.75) is 19.8 Å². The van der Waals surface area contributed by atoms with Gasteiger partial charge in [0.05, 0.1) is 0 Å². The molecule has 0 saturated carbocycles. The minimum atomic E-state index is 1.10. The van der Waals surface area contributed by atoms with Crippen LogP contribution < -0.4 is 0 Å². The maximum absolute atomic E-state index is 3.65. The lowest BCUT2D eigenvalue weighted by Gasteiger charge is -1.77. The molecule has 0 N–H and O–H groups in total. The van der Waals surface area contributed by atoms with Crippen molar-refractivity contribution in [1.82, 2.24) is 0 Å². The highest BCUT2D eigenvalue weighted by Crippen LogP contribution is 1.87. The van der Waals surface area contributed by atoms with E-state index in [2.05, 4.69) is 17.2 Å². The van der Waals surface area contributed by atoms with Crippen molar-refractivity contribution in [3.63, 3.8) is 0 Å². The molecule has 0 atom stereocenters. The molecule has 0 aliphatic heterocycles. The number of unbranched alkanes of at least 4 members (excludes halogenated alkanes) is 1. The second-order valence-electron chi connectivity index (χ2n) is 1.49. The lowest BCUT2D eigenvalue weighted by atomic mass is 10.3. The van der Waals surface area contributed by atoms with Gasteiger partial charge in [0.2, 0.25) is 0 Å². The summed E-state index contributed by atoms with van der Waals surface area (Å²) < 4.78 is 0. The quantitative estimate of drug-likeness (QED) is 0.501. The van der Waals surface area contributed by atoms with Crippen molar-refractivity contribution < 1.29 is 0 Å². The van der Waals surface area contributed by atoms with Gasteiger partial charge in [-0.2, -0.15) is 10.2 Å². The third kappa shape index (κ3) is 5.34. The lowest BCUT2D eigenvalue weighted by molar-refractivity contribution is 0.952. The summed E-state index contributed by atoms with van der Waals surface area (Å²) in [5.41, 5.74) is 0. The zero-order valence-electron chi connectivity index (χ0n) is 5.46. The van der Waals surface area contributed by atoms with Crippen LogP contribution in [0, 0.1) is 0 Å². The van der Waals surface area contributed by atoms with Crippen molar-refractivity contribution in [3.05, 3.63) is 12.3 Å². The van der Waals surface area contributed by atoms with Crippen LogP contribution in [0.25, 0.3) is 0 Å². The highest BCUT2D eigenvalue weighted by Gasteiger charge is 1.68. The largest absolute Gasteiger partial charge is 0.193 e. The van der Waals surface area contributed by atoms with Crippen LogP contribution in [0.4, 0.5) is 0 Å². The highest BCUT2D eigenvalue weighted by atomic mass is 15.1. The maximum atomic E-state index is 3.65. The monoisotopic (exact) mass is 112 g/mol. The molecule has 0 saturated heterocycles. The highest BCUT2D eigenvalue weighted by molar-refractivity contribution is 4.76. The molecule has 0 aliphatic carbocycles. The molecular formula is C6H12N2. The van der Waals surface area contributed by atoms with Gasteiger partial charge in [-0.05, 0) is 6.42 Å². The molecule has 0 unspecified atom stereocenters. The summed E-state index contributed by atoms with van der Waals surface area (Å²) in [6, 6.07) is 0. The Balaban J connectivity index is 3.07. The minimum absolute atomic E-state index is 1.10. The third-order valence-corrected chi connectivity index (χ3v) is 0.743. The van der Waals surface area contributed by atoms with Gasteiger partial charge in [-0.15, -0.1) is 0 Å². The van der Waals surface area contributed by atoms with E-state index in [1.54, 1.807) is 13.2 Å². The Labute approximate surface area is 50.3 Å². The third-order valence-electron chi connectivity index (χ3n) is 0.743. The Morgan fingerprint density at radius 3 is 2.75 bits per heavy atom. The summed E-state index contributed by atoms with van der Waals surface area (Å²) >= 11 is 0. The summed E-state index contributed by atoms with van der Waals surface area (Å²) in [6.07, 6.45) is 6.01. The summed E-state index contributed by atoms with van der Waals surface area (Å²) in [5, 5.41) is 7.20. The second kappa shape index (κ2) is 6.34. The van der Waals surface area contributed by atoms with Crippen LogP contribution in [0.15, 0.2) is 22.5 Å². The van der Waals surface area contributed by atoms with E-state index in [1.165, 1.54) is 6.42 Å². The number of hydrogen-bond donors (Lipinski definition) is 0. The van der Waals surface area contributed by atoms with Crippen LogP contribution >= 0.6 is 0 Å². The molecule has 0 spiro atoms. The van der Waals surface area contributed by atoms with Gasteiger partial charge in [-0.25, -0.2) is 0 Å². The van der Waals surface area contributed by atoms with Crippen molar-refractivity contribution in [2.75, 3.05) is 7.05 Å². The van der Waals surface area contributed by atoms with Gasteiger partial charge >= 0.3 is 0 Å². The first-order chi connectivity index (χ1) is 3.91. The summed E-state index contributed by atoms with van der Waals surface area (Å²) in [5.74, 6) is 0. The number of azo groups is 1. The average molecular weight is 112 g/mol. The Bertz CT molecular complexity index is 84.5. The number of hydrogen-bond acceptors (Lipinski definition) is 2. The van der Waals surface area contributed by atoms with Gasteiger partial charge in [-0.3, -0.25) is 0 Å². The number of rotatable bonds is 3. The van der Waals surface area contributed by atoms with Crippen molar-refractivity contribution in [3.8, 4) is 0 Å². The fourth-order valence-corrected chi connectivity index (χ4v) is 0.355. The van der Waals surface area contributed by atoms with Crippen LogP contribution in [0.2, 0.25) is 0 Å². The first-order valence-electron chi connectivity index (χ1n) is 2.85. The molecule has 0 rings (SSSR count). The Morgan fingerprint density at radius 1 is 1.50 bits per heavy atom. The molecule has 0 radical (unpaired) electrons. The van der Waals surface area contributed by atoms with Crippen molar-refractivity contribution in [2.24, 2.45) is 10.2 Å². The molecule has 2 heteroatoms. The zero-order valence-corrected chi connectivity index (χ0v) is 5.46. The second-order valence-corrected chi connectivity index (χ2v) is 1.49. The van der Waals surface area contributed by atoms with E-state index in [0.717, 1.165) is 6.42 Å². The van der Waals surface area contributed by atoms with E-state index < -0.39 is 0 Å². The van der Waals surface area contributed by atoms with E-state index in [1.807, 2.05) is 6.08 Å². The van der Waals surface area contributed by atoms with Gasteiger partial charge in [0, 0.05) is 13.2 Å². The summed E-state index contributed by atoms with van der Waals surface area (Å²) in [4.78, 5) is 0. The zero-order chi connectivity index (χ0) is 6.24. The van der Waals surface area contributed by atoms with E-state index in [9.17, 15) is 0 Å².